The first kappa shape index (κ1) is 16.7. The number of rotatable bonds is 4. The van der Waals surface area contributed by atoms with Crippen LogP contribution in [0.2, 0.25) is 0 Å². The Morgan fingerprint density at radius 1 is 1.45 bits per heavy atom. The Morgan fingerprint density at radius 2 is 2.23 bits per heavy atom. The van der Waals surface area contributed by atoms with E-state index in [0.29, 0.717) is 6.61 Å². The molecule has 22 heavy (non-hydrogen) atoms. The number of ether oxygens (including phenoxy) is 2. The van der Waals surface area contributed by atoms with Gasteiger partial charge < -0.3 is 14.4 Å². The molecule has 1 aliphatic rings. The lowest BCUT2D eigenvalue weighted by Crippen LogP contribution is -2.41. The Bertz CT molecular complexity index is 487. The molecule has 1 aromatic heterocycles. The lowest BCUT2D eigenvalue weighted by Gasteiger charge is -2.29. The fraction of sp³-hybridized carbons (Fsp3) is 0.688. The molecule has 0 aliphatic carbocycles. The number of hydrogen-bond donors (Lipinski definition) is 0. The van der Waals surface area contributed by atoms with Crippen molar-refractivity contribution in [2.24, 2.45) is 0 Å². The summed E-state index contributed by atoms with van der Waals surface area (Å²) >= 11 is 0. The molecule has 122 valence electrons. The number of carbonyl (C=O) groups excluding carboxylic acids is 1. The highest BCUT2D eigenvalue weighted by atomic mass is 16.6. The highest BCUT2D eigenvalue weighted by Gasteiger charge is 2.32. The molecule has 2 atom stereocenters. The summed E-state index contributed by atoms with van der Waals surface area (Å²) in [5.41, 5.74) is 0.321. The van der Waals surface area contributed by atoms with Gasteiger partial charge in [0.25, 0.3) is 0 Å². The zero-order valence-electron chi connectivity index (χ0n) is 13.8. The zero-order chi connectivity index (χ0) is 16.2. The Balaban J connectivity index is 1.87. The van der Waals surface area contributed by atoms with Crippen molar-refractivity contribution in [1.29, 1.82) is 0 Å². The molecule has 0 unspecified atom stereocenters. The molecule has 2 rings (SSSR count). The summed E-state index contributed by atoms with van der Waals surface area (Å²) in [6.07, 6.45) is 6.50. The summed E-state index contributed by atoms with van der Waals surface area (Å²) < 4.78 is 11.3. The van der Waals surface area contributed by atoms with Crippen molar-refractivity contribution in [3.8, 4) is 0 Å². The Kier molecular flexibility index (Phi) is 5.34. The molecule has 0 spiro atoms. The summed E-state index contributed by atoms with van der Waals surface area (Å²) in [7, 11) is 0. The molecule has 0 aromatic carbocycles. The van der Waals surface area contributed by atoms with E-state index >= 15 is 0 Å². The average Bonchev–Trinajstić information content (AvgIpc) is 2.92. The van der Waals surface area contributed by atoms with Gasteiger partial charge >= 0.3 is 6.09 Å². The molecular weight excluding hydrogens is 282 g/mol. The van der Waals surface area contributed by atoms with Crippen LogP contribution in [0, 0.1) is 0 Å². The lowest BCUT2D eigenvalue weighted by atomic mass is 10.2. The second kappa shape index (κ2) is 7.05. The highest BCUT2D eigenvalue weighted by Crippen LogP contribution is 2.23. The van der Waals surface area contributed by atoms with Gasteiger partial charge in [0.1, 0.15) is 5.60 Å². The van der Waals surface area contributed by atoms with Crippen LogP contribution in [-0.4, -0.2) is 45.8 Å². The molecule has 6 nitrogen and oxygen atoms in total. The lowest BCUT2D eigenvalue weighted by molar-refractivity contribution is -0.00257. The maximum absolute atomic E-state index is 12.2. The minimum atomic E-state index is -0.474. The van der Waals surface area contributed by atoms with Gasteiger partial charge in [0.15, 0.2) is 0 Å². The Morgan fingerprint density at radius 3 is 2.86 bits per heavy atom. The molecule has 0 bridgehead atoms. The van der Waals surface area contributed by atoms with Crippen molar-refractivity contribution >= 4 is 6.09 Å². The van der Waals surface area contributed by atoms with E-state index in [1.54, 1.807) is 23.5 Å². The number of likely N-dealkylation sites (tertiary alicyclic amines) is 1. The van der Waals surface area contributed by atoms with E-state index in [-0.39, 0.29) is 18.2 Å². The quantitative estimate of drug-likeness (QED) is 0.855. The molecule has 0 N–H and O–H groups in total. The predicted molar refractivity (Wildman–Crippen MR) is 82.4 cm³/mol. The molecule has 6 heteroatoms. The summed E-state index contributed by atoms with van der Waals surface area (Å²) in [6.45, 7) is 8.78. The second-order valence-electron chi connectivity index (χ2n) is 6.58. The number of amides is 1. The van der Waals surface area contributed by atoms with Crippen LogP contribution in [0.3, 0.4) is 0 Å². The predicted octanol–water partition coefficient (Wildman–Crippen LogP) is 2.95. The molecule has 0 radical (unpaired) electrons. The number of hydrogen-bond acceptors (Lipinski definition) is 5. The second-order valence-corrected chi connectivity index (χ2v) is 6.58. The van der Waals surface area contributed by atoms with E-state index in [2.05, 4.69) is 9.97 Å². The highest BCUT2D eigenvalue weighted by molar-refractivity contribution is 5.68. The average molecular weight is 307 g/mol. The van der Waals surface area contributed by atoms with E-state index in [0.717, 1.165) is 25.1 Å². The van der Waals surface area contributed by atoms with E-state index in [1.807, 2.05) is 27.7 Å². The molecule has 1 amide bonds. The summed E-state index contributed by atoms with van der Waals surface area (Å²) in [4.78, 5) is 22.3. The molecule has 2 heterocycles. The minimum absolute atomic E-state index is 0.0639. The van der Waals surface area contributed by atoms with Crippen LogP contribution in [0.4, 0.5) is 4.79 Å². The van der Waals surface area contributed by atoms with E-state index in [4.69, 9.17) is 9.47 Å². The smallest absolute Gasteiger partial charge is 0.410 e. The third-order valence-electron chi connectivity index (χ3n) is 3.54. The van der Waals surface area contributed by atoms with E-state index in [9.17, 15) is 4.79 Å². The maximum Gasteiger partial charge on any atom is 0.410 e. The molecular formula is C16H25N3O3. The Hall–Kier alpha value is -1.69. The van der Waals surface area contributed by atoms with Crippen molar-refractivity contribution < 1.29 is 14.3 Å². The van der Waals surface area contributed by atoms with Gasteiger partial charge in [-0.2, -0.15) is 0 Å². The van der Waals surface area contributed by atoms with Crippen molar-refractivity contribution in [3.63, 3.8) is 0 Å². The third-order valence-corrected chi connectivity index (χ3v) is 3.54. The largest absolute Gasteiger partial charge is 0.444 e. The number of aromatic nitrogens is 2. The van der Waals surface area contributed by atoms with E-state index < -0.39 is 5.60 Å². The molecule has 1 aliphatic heterocycles. The number of nitrogens with zero attached hydrogens (tertiary/aromatic N) is 3. The molecule has 1 fully saturated rings. The van der Waals surface area contributed by atoms with Gasteiger partial charge in [0.2, 0.25) is 0 Å². The first-order chi connectivity index (χ1) is 10.4. The van der Waals surface area contributed by atoms with Crippen molar-refractivity contribution in [1.82, 2.24) is 14.9 Å². The van der Waals surface area contributed by atoms with Gasteiger partial charge in [-0.3, -0.25) is 9.97 Å². The van der Waals surface area contributed by atoms with Crippen LogP contribution in [-0.2, 0) is 9.47 Å². The van der Waals surface area contributed by atoms with Crippen LogP contribution < -0.4 is 0 Å². The van der Waals surface area contributed by atoms with Gasteiger partial charge in [-0.25, -0.2) is 4.79 Å². The fourth-order valence-electron chi connectivity index (χ4n) is 2.43. The number of carbonyl (C=O) groups is 1. The first-order valence-corrected chi connectivity index (χ1v) is 7.74. The van der Waals surface area contributed by atoms with Crippen LogP contribution >= 0.6 is 0 Å². The molecule has 1 saturated heterocycles. The van der Waals surface area contributed by atoms with Gasteiger partial charge in [-0.05, 0) is 40.5 Å². The maximum atomic E-state index is 12.2. The minimum Gasteiger partial charge on any atom is -0.444 e. The standard InChI is InChI=1S/C16H25N3O3/c1-12(14-10-17-7-8-18-14)21-11-13-6-5-9-19(13)15(20)22-16(2,3)4/h7-8,10,12-13H,5-6,9,11H2,1-4H3/t12-,13+/m1/s1. The van der Waals surface area contributed by atoms with Crippen LogP contribution in [0.1, 0.15) is 52.3 Å². The van der Waals surface area contributed by atoms with Crippen molar-refractivity contribution in [3.05, 3.63) is 24.3 Å². The van der Waals surface area contributed by atoms with E-state index in [1.165, 1.54) is 0 Å². The van der Waals surface area contributed by atoms with Gasteiger partial charge in [0, 0.05) is 18.9 Å². The van der Waals surface area contributed by atoms with Gasteiger partial charge in [-0.15, -0.1) is 0 Å². The van der Waals surface area contributed by atoms with Gasteiger partial charge in [0.05, 0.1) is 30.6 Å². The first-order valence-electron chi connectivity index (χ1n) is 7.74. The van der Waals surface area contributed by atoms with Crippen molar-refractivity contribution in [2.75, 3.05) is 13.2 Å². The van der Waals surface area contributed by atoms with Crippen molar-refractivity contribution in [2.45, 2.75) is 58.3 Å². The summed E-state index contributed by atoms with van der Waals surface area (Å²) in [5, 5.41) is 0. The van der Waals surface area contributed by atoms with Crippen LogP contribution in [0.5, 0.6) is 0 Å². The fourth-order valence-corrected chi connectivity index (χ4v) is 2.43. The van der Waals surface area contributed by atoms with Crippen LogP contribution in [0.15, 0.2) is 18.6 Å². The summed E-state index contributed by atoms with van der Waals surface area (Å²) in [6, 6.07) is 0.0639. The zero-order valence-corrected chi connectivity index (χ0v) is 13.8. The van der Waals surface area contributed by atoms with Gasteiger partial charge in [-0.1, -0.05) is 0 Å². The normalized spacial score (nSPS) is 20.0. The third kappa shape index (κ3) is 4.66. The topological polar surface area (TPSA) is 64.5 Å². The van der Waals surface area contributed by atoms with Crippen LogP contribution in [0.25, 0.3) is 0 Å². The molecule has 0 saturated carbocycles. The molecule has 1 aromatic rings. The SMILES string of the molecule is C[C@@H](OC[C@@H]1CCCN1C(=O)OC(C)(C)C)c1cnccn1. The monoisotopic (exact) mass is 307 g/mol. The Labute approximate surface area is 131 Å². The summed E-state index contributed by atoms with van der Waals surface area (Å²) in [5.74, 6) is 0.